The Labute approximate surface area is 445 Å². The van der Waals surface area contributed by atoms with E-state index in [-0.39, 0.29) is 6.61 Å². The molecule has 0 aromatic rings. The van der Waals surface area contributed by atoms with Crippen molar-refractivity contribution in [3.63, 3.8) is 0 Å². The van der Waals surface area contributed by atoms with Crippen molar-refractivity contribution in [3.05, 3.63) is 24.3 Å². The molecule has 71 heavy (non-hydrogen) atoms. The molecule has 0 spiro atoms. The molecule has 0 rings (SSSR count). The lowest BCUT2D eigenvalue weighted by Gasteiger charge is -2.23. The Kier molecular flexibility index (Phi) is 60.4. The Bertz CT molecular complexity index is 1060. The van der Waals surface area contributed by atoms with E-state index in [2.05, 4.69) is 43.5 Å². The van der Waals surface area contributed by atoms with Gasteiger partial charge in [0.25, 0.3) is 0 Å². The Morgan fingerprint density at radius 2 is 0.577 bits per heavy atom. The van der Waals surface area contributed by atoms with Crippen molar-refractivity contribution < 1.29 is 20.1 Å². The van der Waals surface area contributed by atoms with Crippen molar-refractivity contribution in [2.45, 2.75) is 385 Å². The molecule has 3 atom stereocenters. The van der Waals surface area contributed by atoms with E-state index in [1.54, 1.807) is 0 Å². The molecule has 5 heteroatoms. The maximum atomic E-state index is 12.6. The van der Waals surface area contributed by atoms with Gasteiger partial charge in [-0.05, 0) is 44.9 Å². The van der Waals surface area contributed by atoms with Crippen molar-refractivity contribution >= 4 is 5.91 Å². The highest BCUT2D eigenvalue weighted by Crippen LogP contribution is 2.19. The van der Waals surface area contributed by atoms with E-state index in [0.717, 1.165) is 38.5 Å². The van der Waals surface area contributed by atoms with Gasteiger partial charge in [0.15, 0.2) is 0 Å². The highest BCUT2D eigenvalue weighted by Gasteiger charge is 2.23. The number of aliphatic hydroxyl groups is 3. The largest absolute Gasteiger partial charge is 0.394 e. The van der Waals surface area contributed by atoms with Crippen molar-refractivity contribution in [2.75, 3.05) is 6.61 Å². The second-order valence-corrected chi connectivity index (χ2v) is 22.7. The van der Waals surface area contributed by atoms with Crippen LogP contribution in [0.25, 0.3) is 0 Å². The minimum atomic E-state index is -1.07. The van der Waals surface area contributed by atoms with Crippen LogP contribution in [0, 0.1) is 0 Å². The molecule has 3 unspecified atom stereocenters. The molecule has 0 saturated carbocycles. The van der Waals surface area contributed by atoms with Gasteiger partial charge in [-0.3, -0.25) is 4.79 Å². The number of aliphatic hydroxyl groups excluding tert-OH is 3. The number of hydrogen-bond donors (Lipinski definition) is 4. The van der Waals surface area contributed by atoms with Crippen LogP contribution in [-0.4, -0.2) is 46.1 Å². The van der Waals surface area contributed by atoms with Gasteiger partial charge in [0.2, 0.25) is 5.91 Å². The molecule has 5 nitrogen and oxygen atoms in total. The van der Waals surface area contributed by atoms with Crippen LogP contribution < -0.4 is 5.32 Å². The van der Waals surface area contributed by atoms with E-state index < -0.39 is 24.2 Å². The van der Waals surface area contributed by atoms with Crippen LogP contribution in [-0.2, 0) is 4.79 Å². The average Bonchev–Trinajstić information content (AvgIpc) is 3.38. The van der Waals surface area contributed by atoms with Crippen LogP contribution in [0.2, 0.25) is 0 Å². The molecule has 0 aromatic carbocycles. The molecule has 4 N–H and O–H groups in total. The summed E-state index contributed by atoms with van der Waals surface area (Å²) in [4.78, 5) is 12.6. The van der Waals surface area contributed by atoms with Gasteiger partial charge in [-0.15, -0.1) is 0 Å². The topological polar surface area (TPSA) is 89.8 Å². The fourth-order valence-electron chi connectivity index (χ4n) is 10.5. The highest BCUT2D eigenvalue weighted by atomic mass is 16.3. The minimum absolute atomic E-state index is 0.310. The van der Waals surface area contributed by atoms with Gasteiger partial charge < -0.3 is 20.6 Å². The highest BCUT2D eigenvalue weighted by molar-refractivity contribution is 5.80. The van der Waals surface area contributed by atoms with Crippen molar-refractivity contribution in [1.29, 1.82) is 0 Å². The fraction of sp³-hybridized carbons (Fsp3) is 0.924. The summed E-state index contributed by atoms with van der Waals surface area (Å²) in [6, 6.07) is -0.712. The van der Waals surface area contributed by atoms with Gasteiger partial charge in [0.05, 0.1) is 18.8 Å². The zero-order valence-electron chi connectivity index (χ0n) is 48.4. The number of amides is 1. The quantitative estimate of drug-likeness (QED) is 0.0361. The van der Waals surface area contributed by atoms with Gasteiger partial charge in [-0.2, -0.15) is 0 Å². The maximum absolute atomic E-state index is 12.6. The predicted octanol–water partition coefficient (Wildman–Crippen LogP) is 20.8. The summed E-state index contributed by atoms with van der Waals surface area (Å²) in [5, 5.41) is 33.7. The molecule has 0 fully saturated rings. The first-order valence-corrected chi connectivity index (χ1v) is 32.6. The second-order valence-electron chi connectivity index (χ2n) is 22.7. The van der Waals surface area contributed by atoms with Gasteiger partial charge in [0, 0.05) is 0 Å². The SMILES string of the molecule is CCCCCCCCCCC/C=C\C/C=C\CCCCCCCCCCCCCCCCCCC(O)C(=O)NC(CO)C(O)CCCCCCCCCCCCCCCCCCCCCCCCCCC. The fourth-order valence-corrected chi connectivity index (χ4v) is 10.5. The van der Waals surface area contributed by atoms with Crippen LogP contribution >= 0.6 is 0 Å². The van der Waals surface area contributed by atoms with Crippen LogP contribution in [0.5, 0.6) is 0 Å². The van der Waals surface area contributed by atoms with Crippen LogP contribution in [0.15, 0.2) is 24.3 Å². The number of nitrogens with one attached hydrogen (secondary N) is 1. The molecule has 0 aliphatic rings. The molecule has 0 saturated heterocycles. The van der Waals surface area contributed by atoms with E-state index >= 15 is 0 Å². The van der Waals surface area contributed by atoms with E-state index in [0.29, 0.717) is 12.8 Å². The summed E-state index contributed by atoms with van der Waals surface area (Å²) < 4.78 is 0. The lowest BCUT2D eigenvalue weighted by molar-refractivity contribution is -0.131. The first-order valence-electron chi connectivity index (χ1n) is 32.6. The third-order valence-corrected chi connectivity index (χ3v) is 15.6. The summed E-state index contributed by atoms with van der Waals surface area (Å²) in [5.74, 6) is -0.463. The molecule has 0 aromatic heterocycles. The number of hydrogen-bond acceptors (Lipinski definition) is 4. The first-order chi connectivity index (χ1) is 35.1. The zero-order chi connectivity index (χ0) is 51.4. The number of carbonyl (C=O) groups is 1. The lowest BCUT2D eigenvalue weighted by Crippen LogP contribution is -2.49. The summed E-state index contributed by atoms with van der Waals surface area (Å²) in [5.41, 5.74) is 0. The Balaban J connectivity index is 3.48. The first kappa shape index (κ1) is 69.8. The average molecular weight is 1000 g/mol. The lowest BCUT2D eigenvalue weighted by atomic mass is 10.0. The van der Waals surface area contributed by atoms with Crippen LogP contribution in [0.4, 0.5) is 0 Å². The van der Waals surface area contributed by atoms with Gasteiger partial charge >= 0.3 is 0 Å². The Hall–Kier alpha value is -1.17. The molecular formula is C66H129NO4. The molecular weight excluding hydrogens is 871 g/mol. The van der Waals surface area contributed by atoms with E-state index in [4.69, 9.17) is 0 Å². The summed E-state index contributed by atoms with van der Waals surface area (Å²) >= 11 is 0. The normalized spacial score (nSPS) is 13.3. The molecule has 0 heterocycles. The molecule has 0 aliphatic carbocycles. The monoisotopic (exact) mass is 1000 g/mol. The third-order valence-electron chi connectivity index (χ3n) is 15.6. The summed E-state index contributed by atoms with van der Waals surface area (Å²) in [7, 11) is 0. The zero-order valence-corrected chi connectivity index (χ0v) is 48.4. The van der Waals surface area contributed by atoms with Gasteiger partial charge in [-0.1, -0.05) is 346 Å². The summed E-state index contributed by atoms with van der Waals surface area (Å²) in [6.45, 7) is 4.28. The number of rotatable bonds is 61. The van der Waals surface area contributed by atoms with Crippen molar-refractivity contribution in [3.8, 4) is 0 Å². The molecule has 0 aliphatic heterocycles. The molecule has 0 bridgehead atoms. The smallest absolute Gasteiger partial charge is 0.249 e. The summed E-state index contributed by atoms with van der Waals surface area (Å²) in [6.07, 6.45) is 79.8. The Morgan fingerprint density at radius 3 is 0.845 bits per heavy atom. The van der Waals surface area contributed by atoms with Crippen molar-refractivity contribution in [1.82, 2.24) is 5.32 Å². The number of unbranched alkanes of at least 4 members (excludes halogenated alkanes) is 49. The van der Waals surface area contributed by atoms with Gasteiger partial charge in [-0.25, -0.2) is 0 Å². The van der Waals surface area contributed by atoms with E-state index in [9.17, 15) is 20.1 Å². The minimum Gasteiger partial charge on any atom is -0.394 e. The second kappa shape index (κ2) is 61.4. The van der Waals surface area contributed by atoms with Gasteiger partial charge in [0.1, 0.15) is 6.10 Å². The molecule has 1 amide bonds. The number of carbonyl (C=O) groups excluding carboxylic acids is 1. The standard InChI is InChI=1S/C66H129NO4/c1-3-5-7-9-11-13-15-17-19-21-23-25-27-29-30-31-32-33-34-35-37-39-41-43-45-47-49-51-53-55-57-59-61-65(70)66(71)67-63(62-68)64(69)60-58-56-54-52-50-48-46-44-42-40-38-36-28-26-24-22-20-18-16-14-12-10-8-6-4-2/h23,25,29-30,63-65,68-70H,3-22,24,26-28,31-62H2,1-2H3,(H,67,71)/b25-23-,30-29-. The maximum Gasteiger partial charge on any atom is 0.249 e. The third kappa shape index (κ3) is 56.4. The number of allylic oxidation sites excluding steroid dienone is 4. The van der Waals surface area contributed by atoms with Crippen LogP contribution in [0.3, 0.4) is 0 Å². The molecule has 422 valence electrons. The van der Waals surface area contributed by atoms with Crippen molar-refractivity contribution in [2.24, 2.45) is 0 Å². The van der Waals surface area contributed by atoms with Crippen LogP contribution in [0.1, 0.15) is 367 Å². The molecule has 0 radical (unpaired) electrons. The Morgan fingerprint density at radius 1 is 0.338 bits per heavy atom. The van der Waals surface area contributed by atoms with E-state index in [1.165, 1.54) is 302 Å². The van der Waals surface area contributed by atoms with E-state index in [1.807, 2.05) is 0 Å². The predicted molar refractivity (Wildman–Crippen MR) is 315 cm³/mol.